The third kappa shape index (κ3) is 6.31. The number of carboxylic acid groups (broad SMARTS) is 1. The van der Waals surface area contributed by atoms with Crippen LogP contribution >= 0.6 is 11.3 Å². The molecule has 3 N–H and O–H groups in total. The lowest BCUT2D eigenvalue weighted by molar-refractivity contribution is -0.135. The first-order valence-electron chi connectivity index (χ1n) is 8.64. The van der Waals surface area contributed by atoms with Crippen molar-refractivity contribution in [2.45, 2.75) is 45.8 Å². The van der Waals surface area contributed by atoms with Crippen molar-refractivity contribution < 1.29 is 24.2 Å². The molecule has 0 bridgehead atoms. The Kier molecular flexibility index (Phi) is 9.71. The van der Waals surface area contributed by atoms with Gasteiger partial charge in [-0.3, -0.25) is 4.79 Å². The average Bonchev–Trinajstić information content (AvgIpc) is 3.09. The molecule has 1 rings (SSSR count). The zero-order chi connectivity index (χ0) is 19.7. The summed E-state index contributed by atoms with van der Waals surface area (Å²) in [5.74, 6) is -1.02. The molecule has 0 aliphatic carbocycles. The van der Waals surface area contributed by atoms with Gasteiger partial charge in [0.05, 0.1) is 6.54 Å². The third-order valence-corrected chi connectivity index (χ3v) is 4.93. The number of aromatic nitrogens is 1. The molecule has 0 saturated carbocycles. The van der Waals surface area contributed by atoms with Gasteiger partial charge in [0.2, 0.25) is 5.91 Å². The van der Waals surface area contributed by atoms with Crippen molar-refractivity contribution in [1.29, 1.82) is 0 Å². The summed E-state index contributed by atoms with van der Waals surface area (Å²) >= 11 is 1.23. The van der Waals surface area contributed by atoms with Crippen LogP contribution in [0.1, 0.15) is 55.2 Å². The van der Waals surface area contributed by atoms with Crippen LogP contribution in [0.4, 0.5) is 0 Å². The number of carboxylic acids is 1. The zero-order valence-electron chi connectivity index (χ0n) is 15.8. The molecule has 1 amide bonds. The first kappa shape index (κ1) is 22.5. The van der Waals surface area contributed by atoms with E-state index in [0.717, 1.165) is 6.42 Å². The van der Waals surface area contributed by atoms with Gasteiger partial charge in [-0.1, -0.05) is 20.8 Å². The van der Waals surface area contributed by atoms with Gasteiger partial charge < -0.3 is 25.2 Å². The van der Waals surface area contributed by atoms with E-state index in [-0.39, 0.29) is 36.9 Å². The van der Waals surface area contributed by atoms with E-state index in [2.05, 4.69) is 4.98 Å². The standard InChI is InChI=1S/C17H29N3O5S/c1-5-6-20(15(21)8-18)13(11(2)3)7-14(25-10-24-4)16-19-12(9-26-16)17(22)23/h9,11,13-14H,5-8,10,18H2,1-4H3,(H,22,23). The summed E-state index contributed by atoms with van der Waals surface area (Å²) in [6.07, 6.45) is 0.837. The van der Waals surface area contributed by atoms with E-state index in [4.69, 9.17) is 20.3 Å². The molecule has 0 fully saturated rings. The number of hydrogen-bond acceptors (Lipinski definition) is 7. The Balaban J connectivity index is 3.09. The lowest BCUT2D eigenvalue weighted by Crippen LogP contribution is -2.47. The van der Waals surface area contributed by atoms with E-state index in [1.54, 1.807) is 4.90 Å². The van der Waals surface area contributed by atoms with Crippen molar-refractivity contribution in [2.75, 3.05) is 27.0 Å². The maximum atomic E-state index is 12.3. The van der Waals surface area contributed by atoms with E-state index in [0.29, 0.717) is 18.0 Å². The number of thiazole rings is 1. The number of nitrogens with two attached hydrogens (primary N) is 1. The molecule has 0 aromatic carbocycles. The van der Waals surface area contributed by atoms with Crippen LogP contribution in [0.15, 0.2) is 5.38 Å². The van der Waals surface area contributed by atoms with Crippen LogP contribution in [-0.4, -0.2) is 59.9 Å². The summed E-state index contributed by atoms with van der Waals surface area (Å²) in [7, 11) is 1.52. The topological polar surface area (TPSA) is 115 Å². The lowest BCUT2D eigenvalue weighted by Gasteiger charge is -2.36. The average molecular weight is 388 g/mol. The second-order valence-corrected chi connectivity index (χ2v) is 7.17. The molecule has 0 aliphatic heterocycles. The molecule has 2 atom stereocenters. The van der Waals surface area contributed by atoms with Crippen LogP contribution in [0.5, 0.6) is 0 Å². The Bertz CT molecular complexity index is 578. The van der Waals surface area contributed by atoms with Gasteiger partial charge in [0.15, 0.2) is 5.69 Å². The Morgan fingerprint density at radius 3 is 2.58 bits per heavy atom. The number of carbonyl (C=O) groups is 2. The van der Waals surface area contributed by atoms with E-state index < -0.39 is 12.1 Å². The maximum absolute atomic E-state index is 12.3. The van der Waals surface area contributed by atoms with E-state index in [9.17, 15) is 9.59 Å². The minimum Gasteiger partial charge on any atom is -0.476 e. The van der Waals surface area contributed by atoms with Crippen molar-refractivity contribution in [3.8, 4) is 0 Å². The molecular formula is C17H29N3O5S. The zero-order valence-corrected chi connectivity index (χ0v) is 16.6. The molecule has 0 aliphatic rings. The van der Waals surface area contributed by atoms with Crippen LogP contribution in [-0.2, 0) is 14.3 Å². The fraction of sp³-hybridized carbons (Fsp3) is 0.706. The van der Waals surface area contributed by atoms with E-state index >= 15 is 0 Å². The second-order valence-electron chi connectivity index (χ2n) is 6.28. The summed E-state index contributed by atoms with van der Waals surface area (Å²) in [6, 6.07) is -0.106. The van der Waals surface area contributed by atoms with Crippen molar-refractivity contribution >= 4 is 23.2 Å². The summed E-state index contributed by atoms with van der Waals surface area (Å²) in [6.45, 7) is 6.69. The molecule has 2 unspecified atom stereocenters. The van der Waals surface area contributed by atoms with Gasteiger partial charge in [0.25, 0.3) is 0 Å². The number of ether oxygens (including phenoxy) is 2. The van der Waals surface area contributed by atoms with Crippen LogP contribution in [0.3, 0.4) is 0 Å². The van der Waals surface area contributed by atoms with Gasteiger partial charge in [-0.05, 0) is 12.3 Å². The summed E-state index contributed by atoms with van der Waals surface area (Å²) < 4.78 is 10.8. The minimum atomic E-state index is -1.08. The summed E-state index contributed by atoms with van der Waals surface area (Å²) in [5, 5.41) is 11.1. The highest BCUT2D eigenvalue weighted by Crippen LogP contribution is 2.30. The van der Waals surface area contributed by atoms with Crippen LogP contribution in [0.2, 0.25) is 0 Å². The van der Waals surface area contributed by atoms with Crippen molar-refractivity contribution in [3.05, 3.63) is 16.1 Å². The van der Waals surface area contributed by atoms with Crippen LogP contribution in [0, 0.1) is 5.92 Å². The molecule has 8 nitrogen and oxygen atoms in total. The fourth-order valence-corrected chi connectivity index (χ4v) is 3.59. The van der Waals surface area contributed by atoms with Crippen molar-refractivity contribution in [3.63, 3.8) is 0 Å². The Hall–Kier alpha value is -1.55. The van der Waals surface area contributed by atoms with Crippen molar-refractivity contribution in [2.24, 2.45) is 11.7 Å². The van der Waals surface area contributed by atoms with Gasteiger partial charge >= 0.3 is 5.97 Å². The van der Waals surface area contributed by atoms with Gasteiger partial charge in [-0.15, -0.1) is 11.3 Å². The lowest BCUT2D eigenvalue weighted by atomic mass is 9.95. The number of carbonyl (C=O) groups excluding carboxylic acids is 1. The second kappa shape index (κ2) is 11.2. The Morgan fingerprint density at radius 2 is 2.12 bits per heavy atom. The molecular weight excluding hydrogens is 358 g/mol. The highest BCUT2D eigenvalue weighted by atomic mass is 32.1. The van der Waals surface area contributed by atoms with Gasteiger partial charge in [-0.2, -0.15) is 0 Å². The van der Waals surface area contributed by atoms with Gasteiger partial charge in [0.1, 0.15) is 17.9 Å². The van der Waals surface area contributed by atoms with E-state index in [1.807, 2.05) is 20.8 Å². The summed E-state index contributed by atoms with van der Waals surface area (Å²) in [4.78, 5) is 29.4. The monoisotopic (exact) mass is 387 g/mol. The molecule has 9 heteroatoms. The normalized spacial score (nSPS) is 13.6. The first-order valence-corrected chi connectivity index (χ1v) is 9.52. The van der Waals surface area contributed by atoms with Gasteiger partial charge in [-0.25, -0.2) is 9.78 Å². The van der Waals surface area contributed by atoms with Crippen LogP contribution in [0.25, 0.3) is 0 Å². The number of methoxy groups -OCH3 is 1. The number of hydrogen-bond donors (Lipinski definition) is 2. The number of amides is 1. The van der Waals surface area contributed by atoms with Crippen molar-refractivity contribution in [1.82, 2.24) is 9.88 Å². The number of aromatic carboxylic acids is 1. The fourth-order valence-electron chi connectivity index (χ4n) is 2.74. The van der Waals surface area contributed by atoms with Crippen LogP contribution < -0.4 is 5.73 Å². The highest BCUT2D eigenvalue weighted by molar-refractivity contribution is 7.09. The molecule has 26 heavy (non-hydrogen) atoms. The largest absolute Gasteiger partial charge is 0.476 e. The number of rotatable bonds is 12. The quantitative estimate of drug-likeness (QED) is 0.528. The molecule has 1 heterocycles. The maximum Gasteiger partial charge on any atom is 0.355 e. The smallest absolute Gasteiger partial charge is 0.355 e. The van der Waals surface area contributed by atoms with Gasteiger partial charge in [0, 0.05) is 31.5 Å². The minimum absolute atomic E-state index is 0.0134. The Labute approximate surface area is 158 Å². The predicted octanol–water partition coefficient (Wildman–Crippen LogP) is 2.11. The molecule has 148 valence electrons. The number of nitrogens with zero attached hydrogens (tertiary/aromatic N) is 2. The molecule has 0 spiro atoms. The first-order chi connectivity index (χ1) is 12.3. The van der Waals surface area contributed by atoms with E-state index in [1.165, 1.54) is 23.8 Å². The highest BCUT2D eigenvalue weighted by Gasteiger charge is 2.30. The Morgan fingerprint density at radius 1 is 1.42 bits per heavy atom. The SMILES string of the molecule is CCCN(C(=O)CN)C(CC(OCOC)c1nc(C(=O)O)cs1)C(C)C. The molecule has 1 aromatic rings. The predicted molar refractivity (Wildman–Crippen MR) is 99.1 cm³/mol. The summed E-state index contributed by atoms with van der Waals surface area (Å²) in [5.41, 5.74) is 5.57. The molecule has 1 aromatic heterocycles. The third-order valence-electron chi connectivity index (χ3n) is 3.99. The molecule has 0 saturated heterocycles. The molecule has 0 radical (unpaired) electrons.